The number of sulfonamides is 1. The van der Waals surface area contributed by atoms with Gasteiger partial charge in [-0.3, -0.25) is 9.69 Å². The molecule has 8 heteroatoms. The Kier molecular flexibility index (Phi) is 6.90. The number of carbonyl (C=O) groups is 1. The lowest BCUT2D eigenvalue weighted by molar-refractivity contribution is -0.131. The van der Waals surface area contributed by atoms with Crippen molar-refractivity contribution < 1.29 is 17.6 Å². The smallest absolute Gasteiger partial charge is 0.243 e. The highest BCUT2D eigenvalue weighted by molar-refractivity contribution is 7.89. The summed E-state index contributed by atoms with van der Waals surface area (Å²) in [7, 11) is -1.83. The van der Waals surface area contributed by atoms with Crippen LogP contribution in [0, 0.1) is 19.7 Å². The average molecular weight is 434 g/mol. The van der Waals surface area contributed by atoms with Gasteiger partial charge in [0.05, 0.1) is 11.4 Å². The lowest BCUT2D eigenvalue weighted by Gasteiger charge is -2.34. The van der Waals surface area contributed by atoms with E-state index in [0.717, 1.165) is 16.7 Å². The van der Waals surface area contributed by atoms with Crippen molar-refractivity contribution in [3.63, 3.8) is 0 Å². The molecule has 0 spiro atoms. The summed E-state index contributed by atoms with van der Waals surface area (Å²) in [4.78, 5) is 16.5. The zero-order valence-corrected chi connectivity index (χ0v) is 18.5. The Labute approximate surface area is 177 Å². The molecule has 0 N–H and O–H groups in total. The maximum Gasteiger partial charge on any atom is 0.243 e. The van der Waals surface area contributed by atoms with E-state index in [1.54, 1.807) is 37.1 Å². The summed E-state index contributed by atoms with van der Waals surface area (Å²) in [5, 5.41) is 0. The van der Waals surface area contributed by atoms with Gasteiger partial charge < -0.3 is 4.90 Å². The summed E-state index contributed by atoms with van der Waals surface area (Å²) in [5.41, 5.74) is 2.50. The summed E-state index contributed by atoms with van der Waals surface area (Å²) in [5.74, 6) is -0.355. The van der Waals surface area contributed by atoms with Gasteiger partial charge in [-0.15, -0.1) is 0 Å². The van der Waals surface area contributed by atoms with E-state index in [0.29, 0.717) is 37.6 Å². The van der Waals surface area contributed by atoms with Gasteiger partial charge in [-0.2, -0.15) is 4.31 Å². The molecule has 1 fully saturated rings. The molecule has 0 bridgehead atoms. The third-order valence-electron chi connectivity index (χ3n) is 5.41. The summed E-state index contributed by atoms with van der Waals surface area (Å²) < 4.78 is 40.6. The van der Waals surface area contributed by atoms with Crippen LogP contribution in [-0.4, -0.2) is 68.2 Å². The first kappa shape index (κ1) is 22.4. The van der Waals surface area contributed by atoms with Gasteiger partial charge in [0.1, 0.15) is 5.82 Å². The van der Waals surface area contributed by atoms with Gasteiger partial charge >= 0.3 is 0 Å². The molecule has 0 radical (unpaired) electrons. The number of aryl methyl sites for hydroxylation is 2. The number of likely N-dealkylation sites (N-methyl/N-ethyl adjacent to an activating group) is 1. The van der Waals surface area contributed by atoms with Gasteiger partial charge in [-0.1, -0.05) is 24.3 Å². The van der Waals surface area contributed by atoms with E-state index in [2.05, 4.69) is 0 Å². The predicted octanol–water partition coefficient (Wildman–Crippen LogP) is 2.41. The molecule has 162 valence electrons. The number of hydrogen-bond acceptors (Lipinski definition) is 4. The molecule has 0 unspecified atom stereocenters. The molecule has 1 amide bonds. The number of hydrogen-bond donors (Lipinski definition) is 0. The van der Waals surface area contributed by atoms with Crippen LogP contribution in [0.25, 0.3) is 0 Å². The molecule has 1 heterocycles. The van der Waals surface area contributed by atoms with Crippen molar-refractivity contribution >= 4 is 15.9 Å². The quantitative estimate of drug-likeness (QED) is 0.702. The first-order chi connectivity index (χ1) is 14.2. The van der Waals surface area contributed by atoms with Gasteiger partial charge in [0, 0.05) is 39.8 Å². The third-order valence-corrected chi connectivity index (χ3v) is 7.45. The van der Waals surface area contributed by atoms with Crippen LogP contribution in [0.15, 0.2) is 47.4 Å². The largest absolute Gasteiger partial charge is 0.340 e. The molecule has 2 aromatic carbocycles. The maximum atomic E-state index is 13.0. The topological polar surface area (TPSA) is 60.9 Å². The zero-order chi connectivity index (χ0) is 21.9. The minimum atomic E-state index is -3.55. The van der Waals surface area contributed by atoms with Crippen LogP contribution in [0.5, 0.6) is 0 Å². The number of amides is 1. The zero-order valence-electron chi connectivity index (χ0n) is 17.6. The molecule has 1 saturated heterocycles. The number of halogens is 1. The highest BCUT2D eigenvalue weighted by Gasteiger charge is 2.30. The lowest BCUT2D eigenvalue weighted by atomic mass is 10.2. The molecule has 1 aliphatic rings. The van der Waals surface area contributed by atoms with Crippen LogP contribution in [0.4, 0.5) is 4.39 Å². The third kappa shape index (κ3) is 5.24. The SMILES string of the molecule is Cc1ccc(C)c(S(=O)(=O)N2CCN(CC(=O)N(C)Cc3ccc(F)cc3)CC2)c1. The number of rotatable bonds is 6. The number of carbonyl (C=O) groups excluding carboxylic acids is 1. The standard InChI is InChI=1S/C22H28FN3O3S/c1-17-4-5-18(2)21(14-17)30(28,29)26-12-10-25(11-13-26)16-22(27)24(3)15-19-6-8-20(23)9-7-19/h4-9,14H,10-13,15-16H2,1-3H3. The second kappa shape index (κ2) is 9.24. The minimum Gasteiger partial charge on any atom is -0.340 e. The van der Waals surface area contributed by atoms with Gasteiger partial charge in [0.25, 0.3) is 0 Å². The molecular weight excluding hydrogens is 405 g/mol. The van der Waals surface area contributed by atoms with Gasteiger partial charge in [-0.05, 0) is 48.7 Å². The molecule has 30 heavy (non-hydrogen) atoms. The fourth-order valence-electron chi connectivity index (χ4n) is 3.52. The van der Waals surface area contributed by atoms with Crippen LogP contribution in [0.2, 0.25) is 0 Å². The molecule has 0 aliphatic carbocycles. The first-order valence-electron chi connectivity index (χ1n) is 9.95. The van der Waals surface area contributed by atoms with E-state index in [1.165, 1.54) is 16.4 Å². The number of piperazine rings is 1. The second-order valence-electron chi connectivity index (χ2n) is 7.83. The van der Waals surface area contributed by atoms with Gasteiger partial charge in [0.15, 0.2) is 0 Å². The summed E-state index contributed by atoms with van der Waals surface area (Å²) >= 11 is 0. The Morgan fingerprint density at radius 3 is 2.30 bits per heavy atom. The van der Waals surface area contributed by atoms with E-state index in [-0.39, 0.29) is 18.3 Å². The molecule has 0 saturated carbocycles. The lowest BCUT2D eigenvalue weighted by Crippen LogP contribution is -2.51. The highest BCUT2D eigenvalue weighted by Crippen LogP contribution is 2.22. The molecule has 1 aliphatic heterocycles. The Morgan fingerprint density at radius 1 is 1.03 bits per heavy atom. The summed E-state index contributed by atoms with van der Waals surface area (Å²) in [6.45, 7) is 6.02. The predicted molar refractivity (Wildman–Crippen MR) is 114 cm³/mol. The molecule has 0 atom stereocenters. The fraction of sp³-hybridized carbons (Fsp3) is 0.409. The van der Waals surface area contributed by atoms with Gasteiger partial charge in [-0.25, -0.2) is 12.8 Å². The fourth-order valence-corrected chi connectivity index (χ4v) is 5.25. The van der Waals surface area contributed by atoms with E-state index in [4.69, 9.17) is 0 Å². The minimum absolute atomic E-state index is 0.0508. The van der Waals surface area contributed by atoms with Crippen molar-refractivity contribution in [2.75, 3.05) is 39.8 Å². The Hall–Kier alpha value is -2.29. The Balaban J connectivity index is 1.55. The normalized spacial score (nSPS) is 15.9. The van der Waals surface area contributed by atoms with Crippen molar-refractivity contribution in [2.45, 2.75) is 25.3 Å². The Morgan fingerprint density at radius 2 is 1.67 bits per heavy atom. The van der Waals surface area contributed by atoms with Crippen molar-refractivity contribution in [1.29, 1.82) is 0 Å². The van der Waals surface area contributed by atoms with E-state index < -0.39 is 10.0 Å². The molecule has 2 aromatic rings. The van der Waals surface area contributed by atoms with Gasteiger partial charge in [0.2, 0.25) is 15.9 Å². The first-order valence-corrected chi connectivity index (χ1v) is 11.4. The molecule has 6 nitrogen and oxygen atoms in total. The molecule has 0 aromatic heterocycles. The average Bonchev–Trinajstić information content (AvgIpc) is 2.71. The molecular formula is C22H28FN3O3S. The van der Waals surface area contributed by atoms with Crippen molar-refractivity contribution in [3.05, 3.63) is 65.0 Å². The van der Waals surface area contributed by atoms with Crippen LogP contribution < -0.4 is 0 Å². The number of benzene rings is 2. The van der Waals surface area contributed by atoms with E-state index >= 15 is 0 Å². The Bertz CT molecular complexity index is 1000. The summed E-state index contributed by atoms with van der Waals surface area (Å²) in [6, 6.07) is 11.5. The van der Waals surface area contributed by atoms with Crippen LogP contribution in [0.3, 0.4) is 0 Å². The molecule has 3 rings (SSSR count). The van der Waals surface area contributed by atoms with Crippen molar-refractivity contribution in [3.8, 4) is 0 Å². The van der Waals surface area contributed by atoms with Crippen LogP contribution in [-0.2, 0) is 21.4 Å². The highest BCUT2D eigenvalue weighted by atomic mass is 32.2. The van der Waals surface area contributed by atoms with Crippen LogP contribution >= 0.6 is 0 Å². The summed E-state index contributed by atoms with van der Waals surface area (Å²) in [6.07, 6.45) is 0. The van der Waals surface area contributed by atoms with Crippen molar-refractivity contribution in [1.82, 2.24) is 14.1 Å². The maximum absolute atomic E-state index is 13.0. The second-order valence-corrected chi connectivity index (χ2v) is 9.73. The number of nitrogens with zero attached hydrogens (tertiary/aromatic N) is 3. The van der Waals surface area contributed by atoms with E-state index in [1.807, 2.05) is 24.0 Å². The van der Waals surface area contributed by atoms with E-state index in [9.17, 15) is 17.6 Å². The van der Waals surface area contributed by atoms with Crippen molar-refractivity contribution in [2.24, 2.45) is 0 Å². The monoisotopic (exact) mass is 433 g/mol. The van der Waals surface area contributed by atoms with Crippen LogP contribution in [0.1, 0.15) is 16.7 Å².